The van der Waals surface area contributed by atoms with E-state index < -0.39 is 0 Å². The van der Waals surface area contributed by atoms with Crippen LogP contribution >= 0.6 is 0 Å². The molecular formula is C18H22N2O2. The fourth-order valence-electron chi connectivity index (χ4n) is 2.10. The summed E-state index contributed by atoms with van der Waals surface area (Å²) in [7, 11) is 0. The van der Waals surface area contributed by atoms with Crippen molar-refractivity contribution in [3.05, 3.63) is 65.2 Å². The highest BCUT2D eigenvalue weighted by atomic mass is 16.5. The van der Waals surface area contributed by atoms with Crippen LogP contribution in [0.15, 0.2) is 48.5 Å². The van der Waals surface area contributed by atoms with Crippen LogP contribution < -0.4 is 15.8 Å². The average molecular weight is 298 g/mol. The summed E-state index contributed by atoms with van der Waals surface area (Å²) in [4.78, 5) is 12.0. The molecule has 0 atom stereocenters. The van der Waals surface area contributed by atoms with Gasteiger partial charge >= 0.3 is 0 Å². The minimum atomic E-state index is -0.0776. The lowest BCUT2D eigenvalue weighted by molar-refractivity contribution is 0.0953. The number of hydrogen-bond donors (Lipinski definition) is 2. The summed E-state index contributed by atoms with van der Waals surface area (Å²) in [6.45, 7) is 3.50. The fraction of sp³-hybridized carbons (Fsp3) is 0.278. The zero-order valence-electron chi connectivity index (χ0n) is 12.8. The SMILES string of the molecule is CCCNC(=O)c1ccc(OCc2ccccc2)c(CN)c1. The topological polar surface area (TPSA) is 64.3 Å². The molecule has 0 spiro atoms. The molecule has 0 bridgehead atoms. The van der Waals surface area contributed by atoms with E-state index in [0.717, 1.165) is 23.3 Å². The minimum Gasteiger partial charge on any atom is -0.489 e. The Kier molecular flexibility index (Phi) is 5.98. The zero-order chi connectivity index (χ0) is 15.8. The molecule has 0 saturated carbocycles. The van der Waals surface area contributed by atoms with Gasteiger partial charge in [0.05, 0.1) is 0 Å². The van der Waals surface area contributed by atoms with Crippen molar-refractivity contribution in [1.29, 1.82) is 0 Å². The van der Waals surface area contributed by atoms with E-state index in [1.807, 2.05) is 43.3 Å². The molecule has 0 saturated heterocycles. The van der Waals surface area contributed by atoms with E-state index in [4.69, 9.17) is 10.5 Å². The third-order valence-electron chi connectivity index (χ3n) is 3.32. The van der Waals surface area contributed by atoms with Gasteiger partial charge in [-0.05, 0) is 30.2 Å². The van der Waals surface area contributed by atoms with Gasteiger partial charge < -0.3 is 15.8 Å². The predicted octanol–water partition coefficient (Wildman–Crippen LogP) is 2.86. The maximum absolute atomic E-state index is 12.0. The average Bonchev–Trinajstić information content (AvgIpc) is 2.58. The molecule has 0 radical (unpaired) electrons. The van der Waals surface area contributed by atoms with Gasteiger partial charge in [-0.15, -0.1) is 0 Å². The fourth-order valence-corrected chi connectivity index (χ4v) is 2.10. The maximum atomic E-state index is 12.0. The van der Waals surface area contributed by atoms with Crippen molar-refractivity contribution in [3.8, 4) is 5.75 Å². The van der Waals surface area contributed by atoms with Gasteiger partial charge in [-0.25, -0.2) is 0 Å². The van der Waals surface area contributed by atoms with Crippen LogP contribution in [0.5, 0.6) is 5.75 Å². The third-order valence-corrected chi connectivity index (χ3v) is 3.32. The van der Waals surface area contributed by atoms with Crippen molar-refractivity contribution in [3.63, 3.8) is 0 Å². The first-order valence-corrected chi connectivity index (χ1v) is 7.52. The molecule has 4 heteroatoms. The summed E-state index contributed by atoms with van der Waals surface area (Å²) in [6.07, 6.45) is 0.910. The highest BCUT2D eigenvalue weighted by molar-refractivity contribution is 5.94. The lowest BCUT2D eigenvalue weighted by Gasteiger charge is -2.12. The molecular weight excluding hydrogens is 276 g/mol. The Morgan fingerprint density at radius 1 is 1.18 bits per heavy atom. The number of carbonyl (C=O) groups excluding carboxylic acids is 1. The number of nitrogens with one attached hydrogen (secondary N) is 1. The quantitative estimate of drug-likeness (QED) is 0.826. The number of nitrogens with two attached hydrogens (primary N) is 1. The number of ether oxygens (including phenoxy) is 1. The van der Waals surface area contributed by atoms with Crippen LogP contribution in [0.4, 0.5) is 0 Å². The van der Waals surface area contributed by atoms with Crippen molar-refractivity contribution in [2.24, 2.45) is 5.73 Å². The number of benzene rings is 2. The van der Waals surface area contributed by atoms with E-state index in [0.29, 0.717) is 25.3 Å². The Bertz CT molecular complexity index is 612. The van der Waals surface area contributed by atoms with Crippen LogP contribution in [0, 0.1) is 0 Å². The Morgan fingerprint density at radius 3 is 2.64 bits per heavy atom. The highest BCUT2D eigenvalue weighted by Crippen LogP contribution is 2.21. The first kappa shape index (κ1) is 16.0. The standard InChI is InChI=1S/C18H22N2O2/c1-2-10-20-18(21)15-8-9-17(16(11-15)12-19)22-13-14-6-4-3-5-7-14/h3-9,11H,2,10,12-13,19H2,1H3,(H,20,21). The maximum Gasteiger partial charge on any atom is 0.251 e. The van der Waals surface area contributed by atoms with Crippen LogP contribution in [-0.4, -0.2) is 12.5 Å². The Labute approximate surface area is 131 Å². The molecule has 116 valence electrons. The molecule has 0 heterocycles. The van der Waals surface area contributed by atoms with Gasteiger partial charge in [-0.3, -0.25) is 4.79 Å². The third kappa shape index (κ3) is 4.33. The molecule has 0 aliphatic carbocycles. The van der Waals surface area contributed by atoms with E-state index in [9.17, 15) is 4.79 Å². The Morgan fingerprint density at radius 2 is 1.95 bits per heavy atom. The zero-order valence-corrected chi connectivity index (χ0v) is 12.8. The second-order valence-corrected chi connectivity index (χ2v) is 5.06. The van der Waals surface area contributed by atoms with Gasteiger partial charge in [0.1, 0.15) is 12.4 Å². The van der Waals surface area contributed by atoms with Crippen LogP contribution in [0.25, 0.3) is 0 Å². The number of hydrogen-bond acceptors (Lipinski definition) is 3. The van der Waals surface area contributed by atoms with Crippen molar-refractivity contribution in [1.82, 2.24) is 5.32 Å². The van der Waals surface area contributed by atoms with Gasteiger partial charge in [0.2, 0.25) is 0 Å². The molecule has 2 aromatic carbocycles. The van der Waals surface area contributed by atoms with Crippen LogP contribution in [0.1, 0.15) is 34.8 Å². The van der Waals surface area contributed by atoms with Crippen LogP contribution in [0.3, 0.4) is 0 Å². The summed E-state index contributed by atoms with van der Waals surface area (Å²) < 4.78 is 5.82. The lowest BCUT2D eigenvalue weighted by Crippen LogP contribution is -2.24. The van der Waals surface area contributed by atoms with Crippen LogP contribution in [-0.2, 0) is 13.2 Å². The van der Waals surface area contributed by atoms with E-state index in [1.54, 1.807) is 12.1 Å². The molecule has 1 amide bonds. The van der Waals surface area contributed by atoms with E-state index in [-0.39, 0.29) is 5.91 Å². The Hall–Kier alpha value is -2.33. The molecule has 2 aromatic rings. The van der Waals surface area contributed by atoms with Gasteiger partial charge in [-0.1, -0.05) is 37.3 Å². The number of amides is 1. The number of rotatable bonds is 7. The molecule has 3 N–H and O–H groups in total. The normalized spacial score (nSPS) is 10.3. The van der Waals surface area contributed by atoms with Gasteiger partial charge in [0.25, 0.3) is 5.91 Å². The van der Waals surface area contributed by atoms with Crippen LogP contribution in [0.2, 0.25) is 0 Å². The highest BCUT2D eigenvalue weighted by Gasteiger charge is 2.09. The van der Waals surface area contributed by atoms with E-state index >= 15 is 0 Å². The smallest absolute Gasteiger partial charge is 0.251 e. The molecule has 0 unspecified atom stereocenters. The van der Waals surface area contributed by atoms with Gasteiger partial charge in [-0.2, -0.15) is 0 Å². The lowest BCUT2D eigenvalue weighted by atomic mass is 10.1. The largest absolute Gasteiger partial charge is 0.489 e. The molecule has 22 heavy (non-hydrogen) atoms. The molecule has 0 fully saturated rings. The van der Waals surface area contributed by atoms with Gasteiger partial charge in [0, 0.05) is 24.2 Å². The first-order chi connectivity index (χ1) is 10.7. The summed E-state index contributed by atoms with van der Waals surface area (Å²) in [5.74, 6) is 0.643. The second kappa shape index (κ2) is 8.20. The summed E-state index contributed by atoms with van der Waals surface area (Å²) >= 11 is 0. The van der Waals surface area contributed by atoms with Crippen molar-refractivity contribution >= 4 is 5.91 Å². The molecule has 4 nitrogen and oxygen atoms in total. The second-order valence-electron chi connectivity index (χ2n) is 5.06. The van der Waals surface area contributed by atoms with E-state index in [2.05, 4.69) is 5.32 Å². The molecule has 0 aromatic heterocycles. The minimum absolute atomic E-state index is 0.0776. The Balaban J connectivity index is 2.07. The van der Waals surface area contributed by atoms with E-state index in [1.165, 1.54) is 0 Å². The molecule has 0 aliphatic heterocycles. The molecule has 0 aliphatic rings. The summed E-state index contributed by atoms with van der Waals surface area (Å²) in [5.41, 5.74) is 8.32. The number of carbonyl (C=O) groups is 1. The van der Waals surface area contributed by atoms with Crippen molar-refractivity contribution in [2.45, 2.75) is 26.5 Å². The monoisotopic (exact) mass is 298 g/mol. The molecule has 2 rings (SSSR count). The summed E-state index contributed by atoms with van der Waals surface area (Å²) in [6, 6.07) is 15.3. The predicted molar refractivity (Wildman–Crippen MR) is 87.7 cm³/mol. The van der Waals surface area contributed by atoms with Gasteiger partial charge in [0.15, 0.2) is 0 Å². The van der Waals surface area contributed by atoms with Crippen molar-refractivity contribution in [2.75, 3.05) is 6.54 Å². The summed E-state index contributed by atoms with van der Waals surface area (Å²) in [5, 5.41) is 2.86. The first-order valence-electron chi connectivity index (χ1n) is 7.52. The van der Waals surface area contributed by atoms with Crippen molar-refractivity contribution < 1.29 is 9.53 Å².